The molecule has 0 bridgehead atoms. The molecule has 2 amide bonds. The average Bonchev–Trinajstić information content (AvgIpc) is 2.81. The van der Waals surface area contributed by atoms with E-state index in [1.54, 1.807) is 38.1 Å². The summed E-state index contributed by atoms with van der Waals surface area (Å²) in [5.41, 5.74) is 2.98. The minimum Gasteiger partial charge on any atom is -0.354 e. The molecule has 0 fully saturated rings. The number of anilines is 1. The van der Waals surface area contributed by atoms with Crippen LogP contribution < -0.4 is 10.6 Å². The Morgan fingerprint density at radius 3 is 2.00 bits per heavy atom. The summed E-state index contributed by atoms with van der Waals surface area (Å²) in [5, 5.41) is 5.67. The van der Waals surface area contributed by atoms with Gasteiger partial charge in [0.25, 0.3) is 11.8 Å². The Labute approximate surface area is 153 Å². The number of H-pyrrole nitrogens is 1. The molecule has 2 rings (SSSR count). The van der Waals surface area contributed by atoms with Gasteiger partial charge in [-0.05, 0) is 71.4 Å². The third-order valence-electron chi connectivity index (χ3n) is 3.91. The summed E-state index contributed by atoms with van der Waals surface area (Å²) in [6.07, 6.45) is 0. The van der Waals surface area contributed by atoms with Gasteiger partial charge in [-0.15, -0.1) is 0 Å². The number of Topliss-reactive ketones (excluding diaryl/α,β-unsaturated/α-hetero) is 1. The fraction of sp³-hybridized carbons (Fsp3) is 0.350. The van der Waals surface area contributed by atoms with Gasteiger partial charge < -0.3 is 15.6 Å². The number of nitrogens with one attached hydrogen (secondary N) is 3. The van der Waals surface area contributed by atoms with Crippen LogP contribution in [0.1, 0.15) is 70.2 Å². The first-order valence-corrected chi connectivity index (χ1v) is 8.43. The fourth-order valence-electron chi connectivity index (χ4n) is 2.82. The number of rotatable bonds is 4. The Balaban J connectivity index is 2.15. The molecule has 0 saturated carbocycles. The van der Waals surface area contributed by atoms with Crippen LogP contribution in [0.3, 0.4) is 0 Å². The van der Waals surface area contributed by atoms with Gasteiger partial charge in [0.2, 0.25) is 0 Å². The Kier molecular flexibility index (Phi) is 5.35. The highest BCUT2D eigenvalue weighted by atomic mass is 16.2. The molecule has 0 saturated heterocycles. The highest BCUT2D eigenvalue weighted by Gasteiger charge is 2.20. The molecule has 0 radical (unpaired) electrons. The normalized spacial score (nSPS) is 11.2. The van der Waals surface area contributed by atoms with Crippen molar-refractivity contribution in [2.75, 3.05) is 5.32 Å². The average molecular weight is 355 g/mol. The van der Waals surface area contributed by atoms with Gasteiger partial charge in [-0.1, -0.05) is 0 Å². The van der Waals surface area contributed by atoms with E-state index in [4.69, 9.17) is 0 Å². The zero-order chi connectivity index (χ0) is 19.6. The zero-order valence-corrected chi connectivity index (χ0v) is 16.0. The van der Waals surface area contributed by atoms with Gasteiger partial charge in [-0.2, -0.15) is 0 Å². The Hall–Kier alpha value is -2.89. The molecule has 0 aliphatic carbocycles. The van der Waals surface area contributed by atoms with Crippen LogP contribution >= 0.6 is 0 Å². The number of aromatic amines is 1. The minimum atomic E-state index is -0.329. The van der Waals surface area contributed by atoms with Gasteiger partial charge in [0.15, 0.2) is 5.78 Å². The van der Waals surface area contributed by atoms with Crippen LogP contribution in [-0.2, 0) is 0 Å². The third kappa shape index (κ3) is 4.39. The van der Waals surface area contributed by atoms with Gasteiger partial charge in [-0.25, -0.2) is 0 Å². The largest absolute Gasteiger partial charge is 0.354 e. The number of aryl methyl sites for hydroxylation is 1. The maximum Gasteiger partial charge on any atom is 0.272 e. The van der Waals surface area contributed by atoms with Gasteiger partial charge in [0.05, 0.1) is 0 Å². The monoisotopic (exact) mass is 355 g/mol. The van der Waals surface area contributed by atoms with E-state index >= 15 is 0 Å². The molecule has 0 aliphatic rings. The van der Waals surface area contributed by atoms with E-state index in [2.05, 4.69) is 15.6 Å². The fourth-order valence-corrected chi connectivity index (χ4v) is 2.82. The lowest BCUT2D eigenvalue weighted by Crippen LogP contribution is -2.40. The molecule has 6 heteroatoms. The maximum atomic E-state index is 12.5. The number of benzene rings is 1. The van der Waals surface area contributed by atoms with Gasteiger partial charge in [0.1, 0.15) is 5.69 Å². The Morgan fingerprint density at radius 1 is 0.962 bits per heavy atom. The van der Waals surface area contributed by atoms with Crippen molar-refractivity contribution >= 4 is 23.3 Å². The lowest BCUT2D eigenvalue weighted by atomic mass is 10.1. The van der Waals surface area contributed by atoms with Crippen molar-refractivity contribution in [3.05, 3.63) is 52.3 Å². The quantitative estimate of drug-likeness (QED) is 0.732. The number of ketones is 1. The van der Waals surface area contributed by atoms with Crippen molar-refractivity contribution in [1.29, 1.82) is 0 Å². The Morgan fingerprint density at radius 2 is 1.54 bits per heavy atom. The predicted octanol–water partition coefficient (Wildman–Crippen LogP) is 3.61. The number of amides is 2. The summed E-state index contributed by atoms with van der Waals surface area (Å²) in [7, 11) is 0. The predicted molar refractivity (Wildman–Crippen MR) is 102 cm³/mol. The molecule has 0 spiro atoms. The standard InChI is InChI=1S/C20H25N3O3/c1-11-16(13(3)24)12(2)21-17(11)19(26)22-15-9-7-14(8-10-15)18(25)23-20(4,5)6/h7-10,21H,1-6H3,(H,22,26)(H,23,25). The number of hydrogen-bond acceptors (Lipinski definition) is 3. The number of carbonyl (C=O) groups is 3. The van der Waals surface area contributed by atoms with Gasteiger partial charge in [0, 0.05) is 28.0 Å². The molecule has 1 aromatic carbocycles. The third-order valence-corrected chi connectivity index (χ3v) is 3.91. The van der Waals surface area contributed by atoms with Gasteiger partial charge >= 0.3 is 0 Å². The first-order chi connectivity index (χ1) is 12.0. The van der Waals surface area contributed by atoms with Crippen LogP contribution in [0.15, 0.2) is 24.3 Å². The van der Waals surface area contributed by atoms with Gasteiger partial charge in [-0.3, -0.25) is 14.4 Å². The van der Waals surface area contributed by atoms with Crippen molar-refractivity contribution in [3.63, 3.8) is 0 Å². The van der Waals surface area contributed by atoms with Crippen molar-refractivity contribution < 1.29 is 14.4 Å². The van der Waals surface area contributed by atoms with E-state index in [0.29, 0.717) is 33.8 Å². The summed E-state index contributed by atoms with van der Waals surface area (Å²) in [5.74, 6) is -0.577. The maximum absolute atomic E-state index is 12.5. The molecule has 0 atom stereocenters. The highest BCUT2D eigenvalue weighted by molar-refractivity contribution is 6.07. The molecule has 1 aromatic heterocycles. The van der Waals surface area contributed by atoms with Crippen LogP contribution in [0, 0.1) is 13.8 Å². The number of hydrogen-bond donors (Lipinski definition) is 3. The van der Waals surface area contributed by atoms with Crippen molar-refractivity contribution in [2.45, 2.75) is 47.1 Å². The van der Waals surface area contributed by atoms with Crippen molar-refractivity contribution in [1.82, 2.24) is 10.3 Å². The second-order valence-electron chi connectivity index (χ2n) is 7.42. The van der Waals surface area contributed by atoms with Crippen LogP contribution in [0.25, 0.3) is 0 Å². The molecular formula is C20H25N3O3. The highest BCUT2D eigenvalue weighted by Crippen LogP contribution is 2.20. The van der Waals surface area contributed by atoms with Crippen LogP contribution in [-0.4, -0.2) is 28.1 Å². The van der Waals surface area contributed by atoms with Crippen LogP contribution in [0.4, 0.5) is 5.69 Å². The summed E-state index contributed by atoms with van der Waals surface area (Å²) < 4.78 is 0. The molecule has 138 valence electrons. The SMILES string of the molecule is CC(=O)c1c(C)[nH]c(C(=O)Nc2ccc(C(=O)NC(C)(C)C)cc2)c1C. The van der Waals surface area contributed by atoms with E-state index in [9.17, 15) is 14.4 Å². The van der Waals surface area contributed by atoms with E-state index in [1.165, 1.54) is 6.92 Å². The summed E-state index contributed by atoms with van der Waals surface area (Å²) in [6.45, 7) is 10.7. The second-order valence-corrected chi connectivity index (χ2v) is 7.42. The smallest absolute Gasteiger partial charge is 0.272 e. The van der Waals surface area contributed by atoms with Crippen molar-refractivity contribution in [2.24, 2.45) is 0 Å². The first kappa shape index (κ1) is 19.4. The molecule has 1 heterocycles. The van der Waals surface area contributed by atoms with Crippen LogP contribution in [0.5, 0.6) is 0 Å². The minimum absolute atomic E-state index is 0.0792. The number of carbonyl (C=O) groups excluding carboxylic acids is 3. The van der Waals surface area contributed by atoms with E-state index < -0.39 is 0 Å². The Bertz CT molecular complexity index is 856. The molecular weight excluding hydrogens is 330 g/mol. The molecule has 2 aromatic rings. The zero-order valence-electron chi connectivity index (χ0n) is 16.0. The summed E-state index contributed by atoms with van der Waals surface area (Å²) >= 11 is 0. The van der Waals surface area contributed by atoms with E-state index in [0.717, 1.165) is 0 Å². The number of aromatic nitrogens is 1. The van der Waals surface area contributed by atoms with Crippen LogP contribution in [0.2, 0.25) is 0 Å². The summed E-state index contributed by atoms with van der Waals surface area (Å²) in [6, 6.07) is 6.66. The second kappa shape index (κ2) is 7.15. The first-order valence-electron chi connectivity index (χ1n) is 8.43. The lowest BCUT2D eigenvalue weighted by molar-refractivity contribution is 0.0918. The van der Waals surface area contributed by atoms with Crippen molar-refractivity contribution in [3.8, 4) is 0 Å². The summed E-state index contributed by atoms with van der Waals surface area (Å²) in [4.78, 5) is 39.3. The molecule has 26 heavy (non-hydrogen) atoms. The van der Waals surface area contributed by atoms with E-state index in [1.807, 2.05) is 20.8 Å². The molecule has 0 aliphatic heterocycles. The molecule has 3 N–H and O–H groups in total. The topological polar surface area (TPSA) is 91.1 Å². The molecule has 0 unspecified atom stereocenters. The van der Waals surface area contributed by atoms with E-state index in [-0.39, 0.29) is 23.1 Å². The molecule has 6 nitrogen and oxygen atoms in total. The lowest BCUT2D eigenvalue weighted by Gasteiger charge is -2.20.